The molecule has 0 aliphatic heterocycles. The second-order valence-corrected chi connectivity index (χ2v) is 4.88. The van der Waals surface area contributed by atoms with Crippen molar-refractivity contribution >= 4 is 29.2 Å². The van der Waals surface area contributed by atoms with Crippen LogP contribution < -0.4 is 4.90 Å². The summed E-state index contributed by atoms with van der Waals surface area (Å²) in [4.78, 5) is 24.9. The highest BCUT2D eigenvalue weighted by Crippen LogP contribution is 2.20. The van der Waals surface area contributed by atoms with E-state index < -0.39 is 12.5 Å². The lowest BCUT2D eigenvalue weighted by molar-refractivity contribution is -0.135. The third-order valence-electron chi connectivity index (χ3n) is 3.07. The van der Waals surface area contributed by atoms with Crippen LogP contribution >= 0.6 is 11.6 Å². The molecule has 2 aromatic rings. The number of aryl methyl sites for hydroxylation is 1. The summed E-state index contributed by atoms with van der Waals surface area (Å²) in [6.45, 7) is 2.14. The lowest BCUT2D eigenvalue weighted by Crippen LogP contribution is -2.36. The number of aliphatic carboxylic acids is 1. The average molecular weight is 307 g/mol. The first kappa shape index (κ1) is 15.1. The number of carboxylic acid groups (broad SMARTS) is 1. The number of carboxylic acids is 1. The maximum absolute atomic E-state index is 12.6. The minimum Gasteiger partial charge on any atom is -0.480 e. The van der Waals surface area contributed by atoms with E-state index in [4.69, 9.17) is 16.7 Å². The number of rotatable bonds is 5. The number of hydrogen-bond acceptors (Lipinski definition) is 2. The summed E-state index contributed by atoms with van der Waals surface area (Å²) in [5.41, 5.74) is 0.948. The Morgan fingerprint density at radius 3 is 2.48 bits per heavy atom. The van der Waals surface area contributed by atoms with E-state index in [-0.39, 0.29) is 5.91 Å². The fourth-order valence-electron chi connectivity index (χ4n) is 2.06. The van der Waals surface area contributed by atoms with Gasteiger partial charge in [-0.3, -0.25) is 14.5 Å². The van der Waals surface area contributed by atoms with E-state index in [1.54, 1.807) is 47.2 Å². The minimum atomic E-state index is -1.08. The molecule has 0 bridgehead atoms. The lowest BCUT2D eigenvalue weighted by Gasteiger charge is -2.21. The van der Waals surface area contributed by atoms with Crippen molar-refractivity contribution in [3.63, 3.8) is 0 Å². The van der Waals surface area contributed by atoms with Gasteiger partial charge >= 0.3 is 5.97 Å². The number of carbonyl (C=O) groups excluding carboxylic acids is 1. The van der Waals surface area contributed by atoms with E-state index in [2.05, 4.69) is 0 Å². The molecule has 0 saturated heterocycles. The summed E-state index contributed by atoms with van der Waals surface area (Å²) in [5.74, 6) is -1.43. The van der Waals surface area contributed by atoms with E-state index in [0.29, 0.717) is 22.9 Å². The molecule has 0 aliphatic carbocycles. The topological polar surface area (TPSA) is 62.5 Å². The first-order valence-corrected chi connectivity index (χ1v) is 6.85. The Balaban J connectivity index is 2.38. The lowest BCUT2D eigenvalue weighted by atomic mass is 10.2. The number of amides is 1. The van der Waals surface area contributed by atoms with Gasteiger partial charge in [0.2, 0.25) is 0 Å². The molecule has 21 heavy (non-hydrogen) atoms. The molecule has 0 atom stereocenters. The number of aromatic nitrogens is 1. The van der Waals surface area contributed by atoms with Crippen LogP contribution in [0.3, 0.4) is 0 Å². The second kappa shape index (κ2) is 6.45. The molecule has 0 saturated carbocycles. The van der Waals surface area contributed by atoms with Gasteiger partial charge in [-0.05, 0) is 43.3 Å². The Labute approximate surface area is 127 Å². The molecule has 0 spiro atoms. The van der Waals surface area contributed by atoms with Crippen molar-refractivity contribution in [2.45, 2.75) is 13.5 Å². The smallest absolute Gasteiger partial charge is 0.323 e. The quantitative estimate of drug-likeness (QED) is 0.924. The van der Waals surface area contributed by atoms with Crippen molar-refractivity contribution in [2.75, 3.05) is 11.4 Å². The first-order valence-electron chi connectivity index (χ1n) is 6.47. The van der Waals surface area contributed by atoms with Crippen LogP contribution in [0.4, 0.5) is 5.69 Å². The number of halogens is 1. The fourth-order valence-corrected chi connectivity index (χ4v) is 2.18. The van der Waals surface area contributed by atoms with Gasteiger partial charge in [0.1, 0.15) is 12.2 Å². The standard InChI is InChI=1S/C15H15ClN2O3/c1-2-17-9-3-4-13(17)15(21)18(10-14(19)20)12-7-5-11(16)6-8-12/h3-9H,2,10H2,1H3,(H,19,20). The largest absolute Gasteiger partial charge is 0.480 e. The maximum atomic E-state index is 12.6. The third kappa shape index (κ3) is 3.44. The fraction of sp³-hybridized carbons (Fsp3) is 0.200. The zero-order valence-electron chi connectivity index (χ0n) is 11.5. The Morgan fingerprint density at radius 2 is 1.90 bits per heavy atom. The molecule has 110 valence electrons. The molecule has 1 heterocycles. The van der Waals surface area contributed by atoms with E-state index >= 15 is 0 Å². The van der Waals surface area contributed by atoms with Gasteiger partial charge in [0, 0.05) is 23.5 Å². The molecule has 6 heteroatoms. The summed E-state index contributed by atoms with van der Waals surface area (Å²) in [6.07, 6.45) is 1.79. The molecule has 0 aliphatic rings. The summed E-state index contributed by atoms with van der Waals surface area (Å²) >= 11 is 5.83. The molecule has 1 amide bonds. The molecule has 5 nitrogen and oxygen atoms in total. The highest BCUT2D eigenvalue weighted by Gasteiger charge is 2.22. The van der Waals surface area contributed by atoms with Crippen molar-refractivity contribution in [1.29, 1.82) is 0 Å². The van der Waals surface area contributed by atoms with Gasteiger partial charge in [0.05, 0.1) is 0 Å². The normalized spacial score (nSPS) is 10.4. The summed E-state index contributed by atoms with van der Waals surface area (Å²) in [7, 11) is 0. The molecule has 2 rings (SSSR count). The van der Waals surface area contributed by atoms with Crippen LogP contribution in [-0.4, -0.2) is 28.1 Å². The molecule has 1 aromatic carbocycles. The number of anilines is 1. The first-order chi connectivity index (χ1) is 10.0. The van der Waals surface area contributed by atoms with Gasteiger partial charge in [-0.25, -0.2) is 0 Å². The van der Waals surface area contributed by atoms with Gasteiger partial charge in [-0.1, -0.05) is 11.6 Å². The molecule has 1 N–H and O–H groups in total. The minimum absolute atomic E-state index is 0.355. The van der Waals surface area contributed by atoms with Crippen LogP contribution in [-0.2, 0) is 11.3 Å². The van der Waals surface area contributed by atoms with Gasteiger partial charge in [0.25, 0.3) is 5.91 Å². The van der Waals surface area contributed by atoms with Crippen molar-refractivity contribution in [2.24, 2.45) is 0 Å². The number of hydrogen-bond donors (Lipinski definition) is 1. The Hall–Kier alpha value is -2.27. The zero-order valence-corrected chi connectivity index (χ0v) is 12.2. The van der Waals surface area contributed by atoms with E-state index in [0.717, 1.165) is 0 Å². The van der Waals surface area contributed by atoms with E-state index in [1.807, 2.05) is 6.92 Å². The maximum Gasteiger partial charge on any atom is 0.323 e. The highest BCUT2D eigenvalue weighted by molar-refractivity contribution is 6.30. The molecule has 0 unspecified atom stereocenters. The van der Waals surface area contributed by atoms with Gasteiger partial charge in [0.15, 0.2) is 0 Å². The Morgan fingerprint density at radius 1 is 1.24 bits per heavy atom. The van der Waals surface area contributed by atoms with Crippen LogP contribution in [0.2, 0.25) is 5.02 Å². The Kier molecular flexibility index (Phi) is 4.65. The van der Waals surface area contributed by atoms with Crippen LogP contribution in [0, 0.1) is 0 Å². The zero-order chi connectivity index (χ0) is 15.4. The summed E-state index contributed by atoms with van der Waals surface area (Å²) < 4.78 is 1.77. The monoisotopic (exact) mass is 306 g/mol. The molecule has 0 fully saturated rings. The SMILES string of the molecule is CCn1cccc1C(=O)N(CC(=O)O)c1ccc(Cl)cc1. The molecular formula is C15H15ClN2O3. The van der Waals surface area contributed by atoms with Gasteiger partial charge < -0.3 is 9.67 Å². The van der Waals surface area contributed by atoms with Crippen LogP contribution in [0.1, 0.15) is 17.4 Å². The summed E-state index contributed by atoms with van der Waals surface area (Å²) in [6, 6.07) is 9.94. The summed E-state index contributed by atoms with van der Waals surface area (Å²) in [5, 5.41) is 9.57. The molecule has 1 aromatic heterocycles. The highest BCUT2D eigenvalue weighted by atomic mass is 35.5. The van der Waals surface area contributed by atoms with Crippen LogP contribution in [0.25, 0.3) is 0 Å². The number of nitrogens with zero attached hydrogens (tertiary/aromatic N) is 2. The molecular weight excluding hydrogens is 292 g/mol. The number of benzene rings is 1. The van der Waals surface area contributed by atoms with Crippen LogP contribution in [0.15, 0.2) is 42.6 Å². The predicted molar refractivity (Wildman–Crippen MR) is 80.9 cm³/mol. The van der Waals surface area contributed by atoms with Crippen molar-refractivity contribution in [3.8, 4) is 0 Å². The van der Waals surface area contributed by atoms with E-state index in [1.165, 1.54) is 4.90 Å². The van der Waals surface area contributed by atoms with Gasteiger partial charge in [-0.15, -0.1) is 0 Å². The molecule has 0 radical (unpaired) electrons. The van der Waals surface area contributed by atoms with Crippen LogP contribution in [0.5, 0.6) is 0 Å². The van der Waals surface area contributed by atoms with Crippen molar-refractivity contribution in [1.82, 2.24) is 4.57 Å². The average Bonchev–Trinajstić information content (AvgIpc) is 2.93. The van der Waals surface area contributed by atoms with Crippen molar-refractivity contribution < 1.29 is 14.7 Å². The van der Waals surface area contributed by atoms with E-state index in [9.17, 15) is 9.59 Å². The van der Waals surface area contributed by atoms with Gasteiger partial charge in [-0.2, -0.15) is 0 Å². The third-order valence-corrected chi connectivity index (χ3v) is 3.32. The predicted octanol–water partition coefficient (Wildman–Crippen LogP) is 2.89. The number of carbonyl (C=O) groups is 2. The van der Waals surface area contributed by atoms with Crippen molar-refractivity contribution in [3.05, 3.63) is 53.3 Å². The second-order valence-electron chi connectivity index (χ2n) is 4.44. The Bertz CT molecular complexity index is 649.